The molecule has 5 heteroatoms. The normalized spacial score (nSPS) is 10.6. The van der Waals surface area contributed by atoms with Gasteiger partial charge in [-0.05, 0) is 17.7 Å². The highest BCUT2D eigenvalue weighted by Gasteiger charge is 2.09. The summed E-state index contributed by atoms with van der Waals surface area (Å²) in [5.74, 6) is -0.0636. The summed E-state index contributed by atoms with van der Waals surface area (Å²) in [5, 5.41) is 1.23. The number of hydrogen-bond acceptors (Lipinski definition) is 4. The van der Waals surface area contributed by atoms with E-state index in [2.05, 4.69) is 4.98 Å². The van der Waals surface area contributed by atoms with Crippen molar-refractivity contribution in [1.29, 1.82) is 0 Å². The fourth-order valence-corrected chi connectivity index (χ4v) is 2.14. The average Bonchev–Trinajstić information content (AvgIpc) is 2.75. The molecule has 16 heavy (non-hydrogen) atoms. The molecule has 0 N–H and O–H groups in total. The zero-order chi connectivity index (χ0) is 11.5. The average molecular weight is 236 g/mol. The molecule has 84 valence electrons. The van der Waals surface area contributed by atoms with Crippen LogP contribution in [0.5, 0.6) is 0 Å². The van der Waals surface area contributed by atoms with Crippen LogP contribution >= 0.6 is 11.3 Å². The number of amides is 1. The summed E-state index contributed by atoms with van der Waals surface area (Å²) >= 11 is 1.58. The van der Waals surface area contributed by atoms with Gasteiger partial charge in [0, 0.05) is 7.05 Å². The summed E-state index contributed by atoms with van der Waals surface area (Å²) in [6.45, 7) is 0. The molecule has 0 spiro atoms. The third-order valence-corrected chi connectivity index (χ3v) is 3.17. The summed E-state index contributed by atoms with van der Waals surface area (Å²) < 4.78 is 1.10. The lowest BCUT2D eigenvalue weighted by Gasteiger charge is -2.13. The Kier molecular flexibility index (Phi) is 3.17. The van der Waals surface area contributed by atoms with E-state index in [4.69, 9.17) is 4.84 Å². The molecule has 1 heterocycles. The van der Waals surface area contributed by atoms with Crippen LogP contribution in [0.4, 0.5) is 0 Å². The maximum Gasteiger partial charge on any atom is 0.250 e. The van der Waals surface area contributed by atoms with E-state index < -0.39 is 0 Å². The van der Waals surface area contributed by atoms with E-state index in [-0.39, 0.29) is 5.91 Å². The predicted molar refractivity (Wildman–Crippen MR) is 63.1 cm³/mol. The number of likely N-dealkylation sites (N-methyl/N-ethyl adjacent to an activating group) is 1. The minimum atomic E-state index is -0.0636. The van der Waals surface area contributed by atoms with Gasteiger partial charge in [-0.25, -0.2) is 10.0 Å². The van der Waals surface area contributed by atoms with Crippen LogP contribution in [-0.2, 0) is 16.1 Å². The highest BCUT2D eigenvalue weighted by atomic mass is 32.1. The fraction of sp³-hybridized carbons (Fsp3) is 0.273. The molecule has 0 fully saturated rings. The lowest BCUT2D eigenvalue weighted by atomic mass is 10.1. The summed E-state index contributed by atoms with van der Waals surface area (Å²) in [5.41, 5.74) is 3.75. The topological polar surface area (TPSA) is 42.4 Å². The number of thiazole rings is 1. The highest BCUT2D eigenvalue weighted by molar-refractivity contribution is 7.16. The number of aromatic nitrogens is 1. The van der Waals surface area contributed by atoms with E-state index >= 15 is 0 Å². The molecule has 0 unspecified atom stereocenters. The van der Waals surface area contributed by atoms with Gasteiger partial charge in [-0.1, -0.05) is 6.07 Å². The molecule has 0 radical (unpaired) electrons. The minimum Gasteiger partial charge on any atom is -0.275 e. The Balaban J connectivity index is 2.17. The van der Waals surface area contributed by atoms with Gasteiger partial charge in [0.05, 0.1) is 29.3 Å². The number of carbonyl (C=O) groups is 1. The number of nitrogens with zero attached hydrogens (tertiary/aromatic N) is 2. The molecule has 1 amide bonds. The maximum absolute atomic E-state index is 11.6. The monoisotopic (exact) mass is 236 g/mol. The van der Waals surface area contributed by atoms with Gasteiger partial charge in [-0.15, -0.1) is 11.3 Å². The Morgan fingerprint density at radius 3 is 3.12 bits per heavy atom. The Bertz CT molecular complexity index is 509. The van der Waals surface area contributed by atoms with Crippen LogP contribution in [0.25, 0.3) is 10.2 Å². The first-order valence-corrected chi connectivity index (χ1v) is 5.71. The van der Waals surface area contributed by atoms with E-state index in [1.807, 2.05) is 18.2 Å². The second-order valence-corrected chi connectivity index (χ2v) is 4.29. The van der Waals surface area contributed by atoms with Crippen LogP contribution in [0.15, 0.2) is 23.7 Å². The first kappa shape index (κ1) is 11.0. The lowest BCUT2D eigenvalue weighted by molar-refractivity contribution is -0.167. The third-order valence-electron chi connectivity index (χ3n) is 2.38. The van der Waals surface area contributed by atoms with E-state index in [0.717, 1.165) is 15.8 Å². The van der Waals surface area contributed by atoms with Gasteiger partial charge < -0.3 is 0 Å². The summed E-state index contributed by atoms with van der Waals surface area (Å²) in [6.07, 6.45) is 0.345. The standard InChI is InChI=1S/C11H12N2O2S/c1-13(15-2)11(14)6-8-3-4-9-10(5-8)16-7-12-9/h3-5,7H,6H2,1-2H3. The second-order valence-electron chi connectivity index (χ2n) is 3.40. The van der Waals surface area contributed by atoms with Gasteiger partial charge in [0.15, 0.2) is 0 Å². The molecule has 1 aromatic carbocycles. The molecule has 0 aliphatic carbocycles. The minimum absolute atomic E-state index is 0.0636. The van der Waals surface area contributed by atoms with Crippen LogP contribution in [0.2, 0.25) is 0 Å². The molecule has 2 rings (SSSR count). The number of fused-ring (bicyclic) bond motifs is 1. The van der Waals surface area contributed by atoms with E-state index in [1.54, 1.807) is 23.9 Å². The van der Waals surface area contributed by atoms with Crippen molar-refractivity contribution < 1.29 is 9.63 Å². The Morgan fingerprint density at radius 2 is 2.38 bits per heavy atom. The molecule has 2 aromatic rings. The van der Waals surface area contributed by atoms with Crippen molar-refractivity contribution in [1.82, 2.24) is 10.0 Å². The van der Waals surface area contributed by atoms with Crippen molar-refractivity contribution in [2.45, 2.75) is 6.42 Å². The number of hydrogen-bond donors (Lipinski definition) is 0. The van der Waals surface area contributed by atoms with Gasteiger partial charge in [0.1, 0.15) is 0 Å². The third kappa shape index (κ3) is 2.20. The van der Waals surface area contributed by atoms with Crippen molar-refractivity contribution in [3.63, 3.8) is 0 Å². The van der Waals surface area contributed by atoms with E-state index in [1.165, 1.54) is 12.2 Å². The number of hydroxylamine groups is 2. The maximum atomic E-state index is 11.6. The van der Waals surface area contributed by atoms with Crippen molar-refractivity contribution in [2.75, 3.05) is 14.2 Å². The molecular weight excluding hydrogens is 224 g/mol. The second kappa shape index (κ2) is 4.59. The Morgan fingerprint density at radius 1 is 1.56 bits per heavy atom. The summed E-state index contributed by atoms with van der Waals surface area (Å²) in [7, 11) is 3.08. The molecular formula is C11H12N2O2S. The van der Waals surface area contributed by atoms with Crippen molar-refractivity contribution in [2.24, 2.45) is 0 Å². The fourth-order valence-electron chi connectivity index (χ4n) is 1.40. The molecule has 4 nitrogen and oxygen atoms in total. The van der Waals surface area contributed by atoms with E-state index in [9.17, 15) is 4.79 Å². The molecule has 1 aromatic heterocycles. The molecule has 0 saturated heterocycles. The smallest absolute Gasteiger partial charge is 0.250 e. The van der Waals surface area contributed by atoms with Crippen LogP contribution in [0.1, 0.15) is 5.56 Å². The molecule has 0 aliphatic rings. The van der Waals surface area contributed by atoms with E-state index in [0.29, 0.717) is 6.42 Å². The SMILES string of the molecule is CON(C)C(=O)Cc1ccc2ncsc2c1. The quantitative estimate of drug-likeness (QED) is 0.764. The van der Waals surface area contributed by atoms with Crippen LogP contribution < -0.4 is 0 Å². The number of benzene rings is 1. The molecule has 0 atom stereocenters. The van der Waals surface area contributed by atoms with Crippen molar-refractivity contribution in [3.05, 3.63) is 29.3 Å². The largest absolute Gasteiger partial charge is 0.275 e. The van der Waals surface area contributed by atoms with Gasteiger partial charge in [-0.2, -0.15) is 0 Å². The predicted octanol–water partition coefficient (Wildman–Crippen LogP) is 1.86. The molecule has 0 saturated carbocycles. The lowest BCUT2D eigenvalue weighted by Crippen LogP contribution is -2.26. The van der Waals surface area contributed by atoms with Gasteiger partial charge in [0.25, 0.3) is 0 Å². The Labute approximate surface area is 97.4 Å². The van der Waals surface area contributed by atoms with Crippen molar-refractivity contribution in [3.8, 4) is 0 Å². The molecule has 0 bridgehead atoms. The Hall–Kier alpha value is -1.46. The zero-order valence-electron chi connectivity index (χ0n) is 9.14. The van der Waals surface area contributed by atoms with Crippen LogP contribution in [-0.4, -0.2) is 30.1 Å². The van der Waals surface area contributed by atoms with Gasteiger partial charge in [-0.3, -0.25) is 9.63 Å². The van der Waals surface area contributed by atoms with Gasteiger partial charge >= 0.3 is 0 Å². The summed E-state index contributed by atoms with van der Waals surface area (Å²) in [4.78, 5) is 20.6. The van der Waals surface area contributed by atoms with Crippen molar-refractivity contribution >= 4 is 27.5 Å². The zero-order valence-corrected chi connectivity index (χ0v) is 9.95. The van der Waals surface area contributed by atoms with Gasteiger partial charge in [0.2, 0.25) is 5.91 Å². The van der Waals surface area contributed by atoms with Crippen LogP contribution in [0, 0.1) is 0 Å². The summed E-state index contributed by atoms with van der Waals surface area (Å²) in [6, 6.07) is 5.85. The van der Waals surface area contributed by atoms with Crippen LogP contribution in [0.3, 0.4) is 0 Å². The first-order chi connectivity index (χ1) is 7.70. The first-order valence-electron chi connectivity index (χ1n) is 4.83. The number of carbonyl (C=O) groups excluding carboxylic acids is 1. The molecule has 0 aliphatic heterocycles. The highest BCUT2D eigenvalue weighted by Crippen LogP contribution is 2.19. The number of rotatable bonds is 3.